The van der Waals surface area contributed by atoms with E-state index >= 15 is 0 Å². The van der Waals surface area contributed by atoms with E-state index in [0.717, 1.165) is 48.2 Å². The largest absolute Gasteiger partial charge is 0.493 e. The highest BCUT2D eigenvalue weighted by molar-refractivity contribution is 5.79. The third kappa shape index (κ3) is 4.09. The van der Waals surface area contributed by atoms with Crippen LogP contribution in [0.2, 0.25) is 0 Å². The van der Waals surface area contributed by atoms with E-state index in [2.05, 4.69) is 11.0 Å². The summed E-state index contributed by atoms with van der Waals surface area (Å²) in [5.41, 5.74) is 3.67. The van der Waals surface area contributed by atoms with Crippen LogP contribution in [0.3, 0.4) is 0 Å². The number of rotatable bonds is 7. The number of hydrogen-bond donors (Lipinski definition) is 0. The maximum atomic E-state index is 10.4. The molecule has 2 aliphatic rings. The molecule has 0 amide bonds. The van der Waals surface area contributed by atoms with E-state index in [1.54, 1.807) is 35.5 Å². The van der Waals surface area contributed by atoms with Crippen LogP contribution < -0.4 is 23.7 Å². The van der Waals surface area contributed by atoms with Crippen molar-refractivity contribution in [2.45, 2.75) is 37.6 Å². The first-order chi connectivity index (χ1) is 16.6. The van der Waals surface area contributed by atoms with Gasteiger partial charge >= 0.3 is 0 Å². The van der Waals surface area contributed by atoms with Crippen molar-refractivity contribution in [2.75, 3.05) is 42.1 Å². The molecule has 7 nitrogen and oxygen atoms in total. The maximum absolute atomic E-state index is 10.4. The Balaban J connectivity index is 1.94. The quantitative estimate of drug-likeness (QED) is 0.570. The third-order valence-corrected chi connectivity index (χ3v) is 6.92. The lowest BCUT2D eigenvalue weighted by Crippen LogP contribution is -2.43. The lowest BCUT2D eigenvalue weighted by molar-refractivity contribution is 0.177. The van der Waals surface area contributed by atoms with Gasteiger partial charge in [-0.05, 0) is 61.1 Å². The van der Waals surface area contributed by atoms with Crippen LogP contribution in [0.1, 0.15) is 42.7 Å². The second kappa shape index (κ2) is 10.2. The number of hydrogen-bond acceptors (Lipinski definition) is 7. The molecule has 1 fully saturated rings. The summed E-state index contributed by atoms with van der Waals surface area (Å²) in [6.07, 6.45) is 4.24. The maximum Gasteiger partial charge on any atom is 0.203 e. The Morgan fingerprint density at radius 1 is 0.824 bits per heavy atom. The average molecular weight is 465 g/mol. The SMILES string of the molecule is COc1ccc(C2=C(C#N)N3CCCC[C@@H]3C[C@@H]2c2cc(OC)c(OC)c(OC)c2)cc1OC. The molecule has 0 bridgehead atoms. The van der Waals surface area contributed by atoms with Crippen LogP contribution in [0.5, 0.6) is 28.7 Å². The van der Waals surface area contributed by atoms with Gasteiger partial charge in [0.15, 0.2) is 23.0 Å². The molecule has 0 spiro atoms. The van der Waals surface area contributed by atoms with Gasteiger partial charge in [-0.15, -0.1) is 0 Å². The van der Waals surface area contributed by atoms with Gasteiger partial charge in [0.1, 0.15) is 11.8 Å². The molecule has 0 N–H and O–H groups in total. The summed E-state index contributed by atoms with van der Waals surface area (Å²) < 4.78 is 27.9. The first-order valence-electron chi connectivity index (χ1n) is 11.5. The number of fused-ring (bicyclic) bond motifs is 1. The Bertz CT molecular complexity index is 1100. The van der Waals surface area contributed by atoms with Crippen molar-refractivity contribution in [3.8, 4) is 34.8 Å². The normalized spacial score (nSPS) is 19.7. The first kappa shape index (κ1) is 23.6. The Hall–Kier alpha value is -3.53. The molecule has 7 heteroatoms. The number of allylic oxidation sites excluding steroid dienone is 2. The van der Waals surface area contributed by atoms with Crippen LogP contribution >= 0.6 is 0 Å². The average Bonchev–Trinajstić information content (AvgIpc) is 2.90. The Labute approximate surface area is 201 Å². The number of piperidine rings is 1. The zero-order valence-corrected chi connectivity index (χ0v) is 20.5. The fraction of sp³-hybridized carbons (Fsp3) is 0.444. The lowest BCUT2D eigenvalue weighted by atomic mass is 9.75. The van der Waals surface area contributed by atoms with Crippen molar-refractivity contribution in [3.05, 3.63) is 47.2 Å². The van der Waals surface area contributed by atoms with Crippen LogP contribution in [0.25, 0.3) is 5.57 Å². The fourth-order valence-corrected chi connectivity index (χ4v) is 5.32. The molecular formula is C27H32N2O5. The van der Waals surface area contributed by atoms with E-state index in [4.69, 9.17) is 23.7 Å². The number of nitrogens with zero attached hydrogens (tertiary/aromatic N) is 2. The highest BCUT2D eigenvalue weighted by atomic mass is 16.5. The van der Waals surface area contributed by atoms with Gasteiger partial charge in [0, 0.05) is 24.1 Å². The van der Waals surface area contributed by atoms with Crippen LogP contribution in [-0.4, -0.2) is 53.0 Å². The molecule has 2 aliphatic heterocycles. The molecule has 0 radical (unpaired) electrons. The Morgan fingerprint density at radius 3 is 2.09 bits per heavy atom. The smallest absolute Gasteiger partial charge is 0.203 e. The Morgan fingerprint density at radius 2 is 1.50 bits per heavy atom. The summed E-state index contributed by atoms with van der Waals surface area (Å²) in [6, 6.07) is 12.7. The number of benzene rings is 2. The molecule has 0 aliphatic carbocycles. The van der Waals surface area contributed by atoms with E-state index in [0.29, 0.717) is 34.8 Å². The predicted octanol–water partition coefficient (Wildman–Crippen LogP) is 5.01. The second-order valence-corrected chi connectivity index (χ2v) is 8.53. The van der Waals surface area contributed by atoms with E-state index < -0.39 is 0 Å². The molecule has 2 aromatic rings. The molecule has 0 saturated carbocycles. The van der Waals surface area contributed by atoms with Gasteiger partial charge in [0.25, 0.3) is 0 Å². The summed E-state index contributed by atoms with van der Waals surface area (Å²) in [5, 5.41) is 10.4. The van der Waals surface area contributed by atoms with Crippen molar-refractivity contribution in [3.63, 3.8) is 0 Å². The van der Waals surface area contributed by atoms with Gasteiger partial charge in [0.05, 0.1) is 35.5 Å². The molecule has 4 rings (SSSR count). The number of ether oxygens (including phenoxy) is 5. The van der Waals surface area contributed by atoms with E-state index in [-0.39, 0.29) is 5.92 Å². The van der Waals surface area contributed by atoms with Crippen molar-refractivity contribution in [1.29, 1.82) is 5.26 Å². The van der Waals surface area contributed by atoms with Gasteiger partial charge in [-0.3, -0.25) is 0 Å². The first-order valence-corrected chi connectivity index (χ1v) is 11.5. The molecular weight excluding hydrogens is 432 g/mol. The molecule has 2 aromatic carbocycles. The molecule has 2 heterocycles. The van der Waals surface area contributed by atoms with Gasteiger partial charge in [-0.25, -0.2) is 0 Å². The third-order valence-electron chi connectivity index (χ3n) is 6.92. The summed E-state index contributed by atoms with van der Waals surface area (Å²) in [5.74, 6) is 3.03. The van der Waals surface area contributed by atoms with E-state index in [9.17, 15) is 5.26 Å². The minimum absolute atomic E-state index is 0.0270. The van der Waals surface area contributed by atoms with Crippen molar-refractivity contribution < 1.29 is 23.7 Å². The number of methoxy groups -OCH3 is 5. The molecule has 0 aromatic heterocycles. The standard InChI is InChI=1S/C27H32N2O5/c1-30-22-10-9-17(12-23(22)31-2)26-20(15-19-8-6-7-11-29(19)21(26)16-28)18-13-24(32-3)27(34-5)25(14-18)33-4/h9-10,12-14,19-20H,6-8,11,15H2,1-5H3/t19-,20-/m1/s1. The molecule has 0 unspecified atom stereocenters. The summed E-state index contributed by atoms with van der Waals surface area (Å²) in [4.78, 5) is 2.30. The van der Waals surface area contributed by atoms with Crippen LogP contribution in [-0.2, 0) is 0 Å². The fourth-order valence-electron chi connectivity index (χ4n) is 5.32. The van der Waals surface area contributed by atoms with Gasteiger partial charge < -0.3 is 28.6 Å². The minimum Gasteiger partial charge on any atom is -0.493 e. The number of nitriles is 1. The monoisotopic (exact) mass is 464 g/mol. The van der Waals surface area contributed by atoms with Gasteiger partial charge in [0.2, 0.25) is 5.75 Å². The zero-order chi connectivity index (χ0) is 24.2. The summed E-state index contributed by atoms with van der Waals surface area (Å²) in [6.45, 7) is 0.895. The topological polar surface area (TPSA) is 73.2 Å². The van der Waals surface area contributed by atoms with E-state index in [1.165, 1.54) is 6.42 Å². The van der Waals surface area contributed by atoms with Crippen LogP contribution in [0, 0.1) is 11.3 Å². The van der Waals surface area contributed by atoms with Gasteiger partial charge in [-0.1, -0.05) is 6.07 Å². The molecule has 180 valence electrons. The van der Waals surface area contributed by atoms with Gasteiger partial charge in [-0.2, -0.15) is 5.26 Å². The van der Waals surface area contributed by atoms with Crippen molar-refractivity contribution in [2.24, 2.45) is 0 Å². The van der Waals surface area contributed by atoms with Crippen LogP contribution in [0.15, 0.2) is 36.0 Å². The molecule has 1 saturated heterocycles. The predicted molar refractivity (Wildman–Crippen MR) is 130 cm³/mol. The minimum atomic E-state index is -0.0270. The highest BCUT2D eigenvalue weighted by Crippen LogP contribution is 2.50. The van der Waals surface area contributed by atoms with E-state index in [1.807, 2.05) is 30.3 Å². The van der Waals surface area contributed by atoms with Crippen LogP contribution in [0.4, 0.5) is 0 Å². The second-order valence-electron chi connectivity index (χ2n) is 8.53. The molecule has 2 atom stereocenters. The Kier molecular flexibility index (Phi) is 7.06. The summed E-state index contributed by atoms with van der Waals surface area (Å²) >= 11 is 0. The highest BCUT2D eigenvalue weighted by Gasteiger charge is 2.38. The van der Waals surface area contributed by atoms with Crippen molar-refractivity contribution in [1.82, 2.24) is 4.90 Å². The zero-order valence-electron chi connectivity index (χ0n) is 20.5. The van der Waals surface area contributed by atoms with Crippen molar-refractivity contribution >= 4 is 5.57 Å². The molecule has 34 heavy (non-hydrogen) atoms. The lowest BCUT2D eigenvalue weighted by Gasteiger charge is -2.44. The summed E-state index contributed by atoms with van der Waals surface area (Å²) in [7, 11) is 8.09.